The summed E-state index contributed by atoms with van der Waals surface area (Å²) in [5.41, 5.74) is 6.30. The van der Waals surface area contributed by atoms with E-state index in [2.05, 4.69) is 34.3 Å². The smallest absolute Gasteiger partial charge is 0.242 e. The van der Waals surface area contributed by atoms with Crippen molar-refractivity contribution in [3.63, 3.8) is 0 Å². The zero-order valence-electron chi connectivity index (χ0n) is 10.7. The SMILES string of the molecule is COc1ncnc(NCCCCN(C)C)c1N. The average molecular weight is 239 g/mol. The van der Waals surface area contributed by atoms with Crippen LogP contribution in [-0.4, -0.2) is 49.2 Å². The Morgan fingerprint density at radius 1 is 1.35 bits per heavy atom. The van der Waals surface area contributed by atoms with E-state index in [-0.39, 0.29) is 0 Å². The fraction of sp³-hybridized carbons (Fsp3) is 0.636. The van der Waals surface area contributed by atoms with Crippen LogP contribution in [-0.2, 0) is 0 Å². The highest BCUT2D eigenvalue weighted by Gasteiger charge is 2.06. The molecule has 0 aromatic carbocycles. The molecule has 0 saturated heterocycles. The molecule has 96 valence electrons. The maximum atomic E-state index is 5.84. The number of nitrogens with zero attached hydrogens (tertiary/aromatic N) is 3. The minimum atomic E-state index is 0.413. The molecule has 0 radical (unpaired) electrons. The molecule has 17 heavy (non-hydrogen) atoms. The number of methoxy groups -OCH3 is 1. The fourth-order valence-corrected chi connectivity index (χ4v) is 1.44. The van der Waals surface area contributed by atoms with Gasteiger partial charge in [0, 0.05) is 6.54 Å². The summed E-state index contributed by atoms with van der Waals surface area (Å²) in [5.74, 6) is 1.05. The van der Waals surface area contributed by atoms with Gasteiger partial charge in [-0.25, -0.2) is 4.98 Å². The Morgan fingerprint density at radius 2 is 2.12 bits per heavy atom. The van der Waals surface area contributed by atoms with E-state index in [9.17, 15) is 0 Å². The van der Waals surface area contributed by atoms with E-state index in [0.717, 1.165) is 25.9 Å². The van der Waals surface area contributed by atoms with Crippen molar-refractivity contribution in [1.29, 1.82) is 0 Å². The summed E-state index contributed by atoms with van der Waals surface area (Å²) < 4.78 is 5.02. The van der Waals surface area contributed by atoms with Gasteiger partial charge in [0.15, 0.2) is 5.82 Å². The van der Waals surface area contributed by atoms with Gasteiger partial charge in [-0.05, 0) is 33.5 Å². The van der Waals surface area contributed by atoms with Gasteiger partial charge in [-0.2, -0.15) is 4.98 Å². The fourth-order valence-electron chi connectivity index (χ4n) is 1.44. The normalized spacial score (nSPS) is 10.6. The van der Waals surface area contributed by atoms with Crippen LogP contribution in [0.4, 0.5) is 11.5 Å². The zero-order valence-corrected chi connectivity index (χ0v) is 10.7. The third kappa shape index (κ3) is 4.44. The Balaban J connectivity index is 2.36. The lowest BCUT2D eigenvalue weighted by atomic mass is 10.3. The predicted molar refractivity (Wildman–Crippen MR) is 69.3 cm³/mol. The van der Waals surface area contributed by atoms with Crippen molar-refractivity contribution in [3.8, 4) is 5.88 Å². The van der Waals surface area contributed by atoms with Crippen LogP contribution in [0.3, 0.4) is 0 Å². The average Bonchev–Trinajstić information content (AvgIpc) is 2.30. The largest absolute Gasteiger partial charge is 0.479 e. The van der Waals surface area contributed by atoms with Crippen LogP contribution in [0, 0.1) is 0 Å². The summed E-state index contributed by atoms with van der Waals surface area (Å²) in [5, 5.41) is 3.19. The summed E-state index contributed by atoms with van der Waals surface area (Å²) in [7, 11) is 5.68. The molecule has 1 rings (SSSR count). The number of aromatic nitrogens is 2. The standard InChI is InChI=1S/C11H21N5O/c1-16(2)7-5-4-6-13-10-9(12)11(17-3)15-8-14-10/h8H,4-7,12H2,1-3H3,(H,13,14,15). The summed E-state index contributed by atoms with van der Waals surface area (Å²) in [6.07, 6.45) is 3.66. The summed E-state index contributed by atoms with van der Waals surface area (Å²) in [4.78, 5) is 10.2. The van der Waals surface area contributed by atoms with Crippen LogP contribution in [0.1, 0.15) is 12.8 Å². The Bertz CT molecular complexity index is 343. The Labute approximate surface area is 102 Å². The third-order valence-corrected chi connectivity index (χ3v) is 2.37. The van der Waals surface area contributed by atoms with E-state index in [0.29, 0.717) is 17.4 Å². The van der Waals surface area contributed by atoms with Crippen LogP contribution in [0.2, 0.25) is 0 Å². The lowest BCUT2D eigenvalue weighted by Crippen LogP contribution is -2.14. The number of nitrogens with one attached hydrogen (secondary N) is 1. The highest BCUT2D eigenvalue weighted by atomic mass is 16.5. The molecule has 1 heterocycles. The number of hydrogen-bond acceptors (Lipinski definition) is 6. The first-order chi connectivity index (χ1) is 8.15. The molecule has 0 bridgehead atoms. The van der Waals surface area contributed by atoms with Crippen molar-refractivity contribution in [2.45, 2.75) is 12.8 Å². The molecule has 0 aliphatic heterocycles. The van der Waals surface area contributed by atoms with Gasteiger partial charge in [-0.3, -0.25) is 0 Å². The van der Waals surface area contributed by atoms with E-state index in [1.165, 1.54) is 6.33 Å². The zero-order chi connectivity index (χ0) is 12.7. The number of hydrogen-bond donors (Lipinski definition) is 2. The Morgan fingerprint density at radius 3 is 2.76 bits per heavy atom. The molecule has 0 fully saturated rings. The molecular weight excluding hydrogens is 218 g/mol. The van der Waals surface area contributed by atoms with E-state index in [4.69, 9.17) is 10.5 Å². The second kappa shape index (κ2) is 6.90. The van der Waals surface area contributed by atoms with Crippen LogP contribution in [0.25, 0.3) is 0 Å². The molecule has 0 amide bonds. The van der Waals surface area contributed by atoms with Crippen LogP contribution < -0.4 is 15.8 Å². The molecule has 0 unspecified atom stereocenters. The highest BCUT2D eigenvalue weighted by molar-refractivity contribution is 5.66. The first-order valence-corrected chi connectivity index (χ1v) is 5.68. The van der Waals surface area contributed by atoms with Crippen LogP contribution in [0.15, 0.2) is 6.33 Å². The lowest BCUT2D eigenvalue weighted by molar-refractivity contribution is 0.396. The number of anilines is 2. The molecule has 0 aliphatic rings. The molecule has 3 N–H and O–H groups in total. The lowest BCUT2D eigenvalue weighted by Gasteiger charge is -2.11. The maximum absolute atomic E-state index is 5.84. The predicted octanol–water partition coefficient (Wildman–Crippen LogP) is 0.821. The minimum absolute atomic E-state index is 0.413. The molecular formula is C11H21N5O. The number of nitrogen functional groups attached to an aromatic ring is 1. The van der Waals surface area contributed by atoms with Crippen molar-refractivity contribution in [1.82, 2.24) is 14.9 Å². The van der Waals surface area contributed by atoms with Gasteiger partial charge in [0.1, 0.15) is 12.0 Å². The first-order valence-electron chi connectivity index (χ1n) is 5.68. The summed E-state index contributed by atoms with van der Waals surface area (Å²) >= 11 is 0. The molecule has 0 saturated carbocycles. The minimum Gasteiger partial charge on any atom is -0.479 e. The second-order valence-electron chi connectivity index (χ2n) is 4.08. The van der Waals surface area contributed by atoms with Gasteiger partial charge in [0.2, 0.25) is 5.88 Å². The topological polar surface area (TPSA) is 76.3 Å². The van der Waals surface area contributed by atoms with Gasteiger partial charge in [0.05, 0.1) is 7.11 Å². The number of rotatable bonds is 7. The summed E-state index contributed by atoms with van der Waals surface area (Å²) in [6.45, 7) is 1.93. The monoisotopic (exact) mass is 239 g/mol. The highest BCUT2D eigenvalue weighted by Crippen LogP contribution is 2.23. The number of unbranched alkanes of at least 4 members (excludes halogenated alkanes) is 1. The second-order valence-corrected chi connectivity index (χ2v) is 4.08. The molecule has 6 heteroatoms. The van der Waals surface area contributed by atoms with Gasteiger partial charge in [-0.15, -0.1) is 0 Å². The van der Waals surface area contributed by atoms with Crippen molar-refractivity contribution in [3.05, 3.63) is 6.33 Å². The van der Waals surface area contributed by atoms with Gasteiger partial charge in [-0.1, -0.05) is 0 Å². The van der Waals surface area contributed by atoms with Crippen LogP contribution >= 0.6 is 0 Å². The van der Waals surface area contributed by atoms with E-state index in [1.54, 1.807) is 7.11 Å². The van der Waals surface area contributed by atoms with Crippen molar-refractivity contribution in [2.75, 3.05) is 45.3 Å². The van der Waals surface area contributed by atoms with Gasteiger partial charge >= 0.3 is 0 Å². The molecule has 1 aromatic rings. The molecule has 0 atom stereocenters. The number of nitrogens with two attached hydrogens (primary N) is 1. The third-order valence-electron chi connectivity index (χ3n) is 2.37. The van der Waals surface area contributed by atoms with Gasteiger partial charge < -0.3 is 20.7 Å². The number of ether oxygens (including phenoxy) is 1. The summed E-state index contributed by atoms with van der Waals surface area (Å²) in [6, 6.07) is 0. The molecule has 0 spiro atoms. The Kier molecular flexibility index (Phi) is 5.48. The van der Waals surface area contributed by atoms with E-state index < -0.39 is 0 Å². The van der Waals surface area contributed by atoms with Gasteiger partial charge in [0.25, 0.3) is 0 Å². The van der Waals surface area contributed by atoms with Crippen molar-refractivity contribution in [2.24, 2.45) is 0 Å². The van der Waals surface area contributed by atoms with Crippen molar-refractivity contribution < 1.29 is 4.74 Å². The molecule has 6 nitrogen and oxygen atoms in total. The molecule has 0 aliphatic carbocycles. The van der Waals surface area contributed by atoms with E-state index >= 15 is 0 Å². The first kappa shape index (κ1) is 13.5. The quantitative estimate of drug-likeness (QED) is 0.686. The maximum Gasteiger partial charge on any atom is 0.242 e. The van der Waals surface area contributed by atoms with Crippen LogP contribution in [0.5, 0.6) is 5.88 Å². The van der Waals surface area contributed by atoms with E-state index in [1.807, 2.05) is 0 Å². The Hall–Kier alpha value is -1.56. The van der Waals surface area contributed by atoms with Crippen molar-refractivity contribution >= 4 is 11.5 Å². The molecule has 1 aromatic heterocycles.